The van der Waals surface area contributed by atoms with Crippen LogP contribution in [0.25, 0.3) is 11.2 Å². The Morgan fingerprint density at radius 2 is 1.90 bits per heavy atom. The average Bonchev–Trinajstić information content (AvgIpc) is 3.28. The molecule has 4 N–H and O–H groups in total. The molecule has 31 heavy (non-hydrogen) atoms. The van der Waals surface area contributed by atoms with Gasteiger partial charge >= 0.3 is 5.51 Å². The number of nitrogens with zero attached hydrogens (tertiary/aromatic N) is 4. The molecule has 0 amide bonds. The van der Waals surface area contributed by atoms with Crippen molar-refractivity contribution < 1.29 is 33.2 Å². The lowest BCUT2D eigenvalue weighted by Crippen LogP contribution is -2.33. The van der Waals surface area contributed by atoms with E-state index >= 15 is 0 Å². The summed E-state index contributed by atoms with van der Waals surface area (Å²) < 4.78 is 45.3. The van der Waals surface area contributed by atoms with Gasteiger partial charge in [0.2, 0.25) is 0 Å². The van der Waals surface area contributed by atoms with Crippen LogP contribution in [0.4, 0.5) is 19.0 Å². The number of aliphatic hydroxyl groups is 3. The van der Waals surface area contributed by atoms with Gasteiger partial charge in [0.25, 0.3) is 0 Å². The third kappa shape index (κ3) is 4.45. The van der Waals surface area contributed by atoms with E-state index in [1.807, 2.05) is 0 Å². The fraction of sp³-hybridized carbons (Fsp3) is 0.389. The lowest BCUT2D eigenvalue weighted by atomic mass is 10.1. The fourth-order valence-corrected chi connectivity index (χ4v) is 4.00. The maximum atomic E-state index is 12.8. The van der Waals surface area contributed by atoms with Crippen LogP contribution < -0.4 is 5.32 Å². The number of aromatic nitrogens is 4. The molecular formula is C18H18F3N5O4S. The van der Waals surface area contributed by atoms with Crippen molar-refractivity contribution in [3.05, 3.63) is 42.5 Å². The summed E-state index contributed by atoms with van der Waals surface area (Å²) in [4.78, 5) is 12.5. The molecule has 1 aliphatic heterocycles. The number of alkyl halides is 3. The third-order valence-corrected chi connectivity index (χ3v) is 5.64. The number of aliphatic hydroxyl groups excluding tert-OH is 3. The zero-order valence-electron chi connectivity index (χ0n) is 15.8. The minimum absolute atomic E-state index is 0.0616. The Morgan fingerprint density at radius 1 is 1.13 bits per heavy atom. The highest BCUT2D eigenvalue weighted by Gasteiger charge is 2.44. The van der Waals surface area contributed by atoms with Gasteiger partial charge in [-0.1, -0.05) is 18.2 Å². The van der Waals surface area contributed by atoms with Gasteiger partial charge in [-0.15, -0.1) is 0 Å². The molecule has 1 unspecified atom stereocenters. The highest BCUT2D eigenvalue weighted by molar-refractivity contribution is 8.00. The Balaban J connectivity index is 1.58. The molecule has 3 aromatic rings. The molecule has 1 fully saturated rings. The lowest BCUT2D eigenvalue weighted by molar-refractivity contribution is -0.0511. The summed E-state index contributed by atoms with van der Waals surface area (Å²) in [6.45, 7) is -0.412. The van der Waals surface area contributed by atoms with E-state index in [1.54, 1.807) is 12.1 Å². The Hall–Kier alpha value is -2.45. The summed E-state index contributed by atoms with van der Waals surface area (Å²) in [5, 5.41) is 32.5. The minimum atomic E-state index is -4.41. The van der Waals surface area contributed by atoms with Crippen molar-refractivity contribution in [2.24, 2.45) is 0 Å². The predicted octanol–water partition coefficient (Wildman–Crippen LogP) is 1.66. The molecule has 1 aliphatic rings. The number of ether oxygens (including phenoxy) is 1. The number of halogens is 3. The lowest BCUT2D eigenvalue weighted by Gasteiger charge is -2.16. The molecule has 0 radical (unpaired) electrons. The molecular weight excluding hydrogens is 439 g/mol. The van der Waals surface area contributed by atoms with E-state index in [0.717, 1.165) is 0 Å². The second-order valence-corrected chi connectivity index (χ2v) is 7.89. The standard InChI is InChI=1S/C18H18F3N5O4S/c19-18(20,21)31-11-4-2-1-3-9(11)5-22-15-12-16(24-7-23-15)26(8-25-12)17-14(29)13(28)10(6-27)30-17/h1-4,7-8,10,13-14,17,27-29H,5-6H2,(H,22,23,24)/t10-,13-,14-,17?/m1/s1. The van der Waals surface area contributed by atoms with Crippen LogP contribution in [-0.2, 0) is 11.3 Å². The zero-order chi connectivity index (χ0) is 22.2. The minimum Gasteiger partial charge on any atom is -0.394 e. The number of anilines is 1. The van der Waals surface area contributed by atoms with Gasteiger partial charge in [-0.3, -0.25) is 4.57 Å². The molecule has 0 aliphatic carbocycles. The van der Waals surface area contributed by atoms with E-state index in [2.05, 4.69) is 20.3 Å². The highest BCUT2D eigenvalue weighted by Crippen LogP contribution is 2.38. The van der Waals surface area contributed by atoms with Gasteiger partial charge in [0.1, 0.15) is 24.6 Å². The van der Waals surface area contributed by atoms with Crippen molar-refractivity contribution in [1.82, 2.24) is 19.5 Å². The molecule has 1 aromatic carbocycles. The smallest absolute Gasteiger partial charge is 0.394 e. The SMILES string of the molecule is OC[C@H]1OC(n2cnc3c(NCc4ccccc4SC(F)(F)F)ncnc32)[C@H](O)[C@@H]1O. The van der Waals surface area contributed by atoms with E-state index in [9.17, 15) is 28.5 Å². The molecule has 13 heteroatoms. The summed E-state index contributed by atoms with van der Waals surface area (Å²) in [6, 6.07) is 6.14. The molecule has 1 saturated heterocycles. The molecule has 4 rings (SSSR count). The van der Waals surface area contributed by atoms with E-state index in [-0.39, 0.29) is 34.7 Å². The summed E-state index contributed by atoms with van der Waals surface area (Å²) in [5.41, 5.74) is -3.39. The van der Waals surface area contributed by atoms with Crippen LogP contribution in [0.2, 0.25) is 0 Å². The molecule has 0 spiro atoms. The maximum Gasteiger partial charge on any atom is 0.446 e. The average molecular weight is 457 g/mol. The van der Waals surface area contributed by atoms with Gasteiger partial charge in [0.05, 0.1) is 12.9 Å². The first-order valence-corrected chi connectivity index (χ1v) is 9.97. The third-order valence-electron chi connectivity index (χ3n) is 4.79. The Labute approximate surface area is 177 Å². The Bertz CT molecular complexity index is 1070. The molecule has 9 nitrogen and oxygen atoms in total. The molecule has 0 bridgehead atoms. The van der Waals surface area contributed by atoms with Gasteiger partial charge in [0.15, 0.2) is 23.2 Å². The second-order valence-electron chi connectivity index (χ2n) is 6.78. The quantitative estimate of drug-likeness (QED) is 0.409. The molecule has 0 saturated carbocycles. The van der Waals surface area contributed by atoms with Crippen molar-refractivity contribution in [3.63, 3.8) is 0 Å². The van der Waals surface area contributed by atoms with Crippen molar-refractivity contribution in [1.29, 1.82) is 0 Å². The number of imidazole rings is 1. The van der Waals surface area contributed by atoms with Crippen LogP contribution in [0.5, 0.6) is 0 Å². The van der Waals surface area contributed by atoms with Crippen molar-refractivity contribution in [2.45, 2.75) is 41.5 Å². The Morgan fingerprint density at radius 3 is 2.61 bits per heavy atom. The van der Waals surface area contributed by atoms with Gasteiger partial charge in [-0.2, -0.15) is 13.2 Å². The van der Waals surface area contributed by atoms with Gasteiger partial charge in [-0.25, -0.2) is 15.0 Å². The summed E-state index contributed by atoms with van der Waals surface area (Å²) in [7, 11) is 0. The maximum absolute atomic E-state index is 12.8. The van der Waals surface area contributed by atoms with E-state index in [0.29, 0.717) is 11.1 Å². The molecule has 4 atom stereocenters. The largest absolute Gasteiger partial charge is 0.446 e. The number of thioether (sulfide) groups is 1. The fourth-order valence-electron chi connectivity index (χ4n) is 3.33. The van der Waals surface area contributed by atoms with Crippen molar-refractivity contribution in [3.8, 4) is 0 Å². The monoisotopic (exact) mass is 457 g/mol. The summed E-state index contributed by atoms with van der Waals surface area (Å²) in [6.07, 6.45) is -2.00. The number of hydrogen-bond acceptors (Lipinski definition) is 9. The predicted molar refractivity (Wildman–Crippen MR) is 104 cm³/mol. The number of benzene rings is 1. The molecule has 2 aromatic heterocycles. The van der Waals surface area contributed by atoms with Crippen LogP contribution in [0.15, 0.2) is 41.8 Å². The number of nitrogens with one attached hydrogen (secondary N) is 1. The van der Waals surface area contributed by atoms with Gasteiger partial charge in [-0.05, 0) is 23.4 Å². The van der Waals surface area contributed by atoms with Crippen LogP contribution in [0.3, 0.4) is 0 Å². The highest BCUT2D eigenvalue weighted by atomic mass is 32.2. The van der Waals surface area contributed by atoms with Gasteiger partial charge in [0, 0.05) is 11.4 Å². The summed E-state index contributed by atoms with van der Waals surface area (Å²) in [5.74, 6) is 0.280. The first kappa shape index (κ1) is 21.8. The van der Waals surface area contributed by atoms with Crippen LogP contribution in [0, 0.1) is 0 Å². The molecule has 3 heterocycles. The topological polar surface area (TPSA) is 126 Å². The first-order chi connectivity index (χ1) is 14.8. The number of hydrogen-bond donors (Lipinski definition) is 4. The van der Waals surface area contributed by atoms with Crippen LogP contribution in [0.1, 0.15) is 11.8 Å². The molecule has 166 valence electrons. The van der Waals surface area contributed by atoms with Crippen molar-refractivity contribution >= 4 is 28.7 Å². The van der Waals surface area contributed by atoms with Crippen LogP contribution >= 0.6 is 11.8 Å². The van der Waals surface area contributed by atoms with E-state index in [1.165, 1.54) is 29.4 Å². The zero-order valence-corrected chi connectivity index (χ0v) is 16.6. The Kier molecular flexibility index (Phi) is 6.03. The first-order valence-electron chi connectivity index (χ1n) is 9.16. The van der Waals surface area contributed by atoms with Crippen molar-refractivity contribution in [2.75, 3.05) is 11.9 Å². The number of rotatable bonds is 6. The van der Waals surface area contributed by atoms with Crippen LogP contribution in [-0.4, -0.2) is 65.3 Å². The second kappa shape index (κ2) is 8.59. The number of fused-ring (bicyclic) bond motifs is 1. The summed E-state index contributed by atoms with van der Waals surface area (Å²) >= 11 is -0.191. The van der Waals surface area contributed by atoms with E-state index < -0.39 is 36.7 Å². The van der Waals surface area contributed by atoms with Gasteiger partial charge < -0.3 is 25.4 Å². The van der Waals surface area contributed by atoms with E-state index in [4.69, 9.17) is 4.74 Å². The normalized spacial score (nSPS) is 24.1.